The lowest BCUT2D eigenvalue weighted by Gasteiger charge is -2.25. The quantitative estimate of drug-likeness (QED) is 0.821. The molecule has 1 aliphatic heterocycles. The SMILES string of the molecule is CCOC(=O)c1c(NC(=O)c2cc(C)on2)sc2c1CCN(C(C)=O)C2. The molecule has 2 amide bonds. The first kappa shape index (κ1) is 18.1. The Morgan fingerprint density at radius 2 is 2.19 bits per heavy atom. The second kappa shape index (κ2) is 7.28. The average Bonchev–Trinajstić information content (AvgIpc) is 3.17. The fraction of sp³-hybridized carbons (Fsp3) is 0.412. The molecule has 3 heterocycles. The minimum atomic E-state index is -0.479. The van der Waals surface area contributed by atoms with E-state index in [-0.39, 0.29) is 18.2 Å². The predicted molar refractivity (Wildman–Crippen MR) is 94.3 cm³/mol. The average molecular weight is 377 g/mol. The number of hydrogen-bond acceptors (Lipinski definition) is 7. The summed E-state index contributed by atoms with van der Waals surface area (Å²) in [6.07, 6.45) is 0.540. The van der Waals surface area contributed by atoms with Gasteiger partial charge in [0.25, 0.3) is 5.91 Å². The van der Waals surface area contributed by atoms with E-state index in [4.69, 9.17) is 9.26 Å². The predicted octanol–water partition coefficient (Wildman–Crippen LogP) is 2.38. The number of carbonyl (C=O) groups is 3. The van der Waals surface area contributed by atoms with Gasteiger partial charge < -0.3 is 19.5 Å². The number of aromatic nitrogens is 1. The van der Waals surface area contributed by atoms with Crippen molar-refractivity contribution < 1.29 is 23.6 Å². The van der Waals surface area contributed by atoms with Gasteiger partial charge in [0.2, 0.25) is 5.91 Å². The molecule has 0 radical (unpaired) electrons. The second-order valence-corrected chi connectivity index (χ2v) is 7.00. The Bertz CT molecular complexity index is 870. The van der Waals surface area contributed by atoms with Crippen LogP contribution in [0.15, 0.2) is 10.6 Å². The highest BCUT2D eigenvalue weighted by Crippen LogP contribution is 2.38. The standard InChI is InChI=1S/C17H19N3O5S/c1-4-24-17(23)14-11-5-6-20(10(3)21)8-13(11)26-16(14)18-15(22)12-7-9(2)25-19-12/h7H,4-6,8H2,1-3H3,(H,18,22). The normalized spacial score (nSPS) is 13.3. The van der Waals surface area contributed by atoms with E-state index in [1.165, 1.54) is 24.3 Å². The molecule has 0 saturated carbocycles. The van der Waals surface area contributed by atoms with Crippen LogP contribution in [0.5, 0.6) is 0 Å². The summed E-state index contributed by atoms with van der Waals surface area (Å²) in [6, 6.07) is 1.52. The Balaban J connectivity index is 1.94. The van der Waals surface area contributed by atoms with Gasteiger partial charge in [0.05, 0.1) is 18.7 Å². The van der Waals surface area contributed by atoms with Crippen LogP contribution in [0.3, 0.4) is 0 Å². The molecule has 1 N–H and O–H groups in total. The van der Waals surface area contributed by atoms with Crippen molar-refractivity contribution in [2.24, 2.45) is 0 Å². The Labute approximate surface area is 154 Å². The number of amides is 2. The van der Waals surface area contributed by atoms with E-state index in [0.29, 0.717) is 35.8 Å². The van der Waals surface area contributed by atoms with E-state index in [0.717, 1.165) is 10.4 Å². The molecule has 138 valence electrons. The Morgan fingerprint density at radius 1 is 1.42 bits per heavy atom. The van der Waals surface area contributed by atoms with Gasteiger partial charge >= 0.3 is 5.97 Å². The van der Waals surface area contributed by atoms with Crippen LogP contribution in [-0.4, -0.2) is 41.0 Å². The number of carbonyl (C=O) groups excluding carboxylic acids is 3. The lowest BCUT2D eigenvalue weighted by Crippen LogP contribution is -2.34. The van der Waals surface area contributed by atoms with Crippen molar-refractivity contribution in [1.29, 1.82) is 0 Å². The lowest BCUT2D eigenvalue weighted by molar-refractivity contribution is -0.129. The Morgan fingerprint density at radius 3 is 2.81 bits per heavy atom. The number of ether oxygens (including phenoxy) is 1. The first-order chi connectivity index (χ1) is 12.4. The summed E-state index contributed by atoms with van der Waals surface area (Å²) in [6.45, 7) is 6.11. The van der Waals surface area contributed by atoms with Crippen LogP contribution in [0.1, 0.15) is 50.9 Å². The summed E-state index contributed by atoms with van der Waals surface area (Å²) >= 11 is 1.28. The minimum absolute atomic E-state index is 0.0228. The van der Waals surface area contributed by atoms with E-state index in [9.17, 15) is 14.4 Å². The van der Waals surface area contributed by atoms with Crippen molar-refractivity contribution in [2.45, 2.75) is 33.7 Å². The molecule has 0 saturated heterocycles. The number of nitrogens with zero attached hydrogens (tertiary/aromatic N) is 2. The zero-order valence-corrected chi connectivity index (χ0v) is 15.6. The van der Waals surface area contributed by atoms with Crippen molar-refractivity contribution in [3.05, 3.63) is 33.5 Å². The molecule has 0 fully saturated rings. The number of anilines is 1. The fourth-order valence-electron chi connectivity index (χ4n) is 2.82. The van der Waals surface area contributed by atoms with Gasteiger partial charge in [-0.15, -0.1) is 11.3 Å². The minimum Gasteiger partial charge on any atom is -0.462 e. The molecule has 0 aromatic carbocycles. The van der Waals surface area contributed by atoms with Crippen LogP contribution in [0.4, 0.5) is 5.00 Å². The number of esters is 1. The van der Waals surface area contributed by atoms with Crippen LogP contribution in [0, 0.1) is 6.92 Å². The molecular weight excluding hydrogens is 358 g/mol. The summed E-state index contributed by atoms with van der Waals surface area (Å²) < 4.78 is 10.1. The van der Waals surface area contributed by atoms with Crippen LogP contribution in [-0.2, 0) is 22.5 Å². The third-order valence-electron chi connectivity index (χ3n) is 4.07. The first-order valence-corrected chi connectivity index (χ1v) is 9.04. The molecule has 26 heavy (non-hydrogen) atoms. The number of thiophene rings is 1. The van der Waals surface area contributed by atoms with Crippen molar-refractivity contribution >= 4 is 34.1 Å². The van der Waals surface area contributed by atoms with Crippen LogP contribution >= 0.6 is 11.3 Å². The van der Waals surface area contributed by atoms with Gasteiger partial charge in [-0.05, 0) is 25.8 Å². The number of hydrogen-bond donors (Lipinski definition) is 1. The molecule has 2 aromatic rings. The Kier molecular flexibility index (Phi) is 5.08. The molecule has 0 spiro atoms. The van der Waals surface area contributed by atoms with Crippen LogP contribution in [0.2, 0.25) is 0 Å². The molecule has 0 aliphatic carbocycles. The van der Waals surface area contributed by atoms with Gasteiger partial charge in [0.15, 0.2) is 5.69 Å². The van der Waals surface area contributed by atoms with Crippen LogP contribution < -0.4 is 5.32 Å². The molecule has 0 bridgehead atoms. The summed E-state index contributed by atoms with van der Waals surface area (Å²) in [7, 11) is 0. The third-order valence-corrected chi connectivity index (χ3v) is 5.20. The highest BCUT2D eigenvalue weighted by atomic mass is 32.1. The van der Waals surface area contributed by atoms with E-state index in [1.54, 1.807) is 18.7 Å². The summed E-state index contributed by atoms with van der Waals surface area (Å²) in [5.41, 5.74) is 1.33. The van der Waals surface area contributed by atoms with Gasteiger partial charge in [-0.1, -0.05) is 5.16 Å². The largest absolute Gasteiger partial charge is 0.462 e. The zero-order chi connectivity index (χ0) is 18.8. The molecule has 2 aromatic heterocycles. The molecule has 9 heteroatoms. The maximum atomic E-state index is 12.5. The molecule has 1 aliphatic rings. The van der Waals surface area contributed by atoms with Gasteiger partial charge in [0.1, 0.15) is 10.8 Å². The van der Waals surface area contributed by atoms with Gasteiger partial charge in [-0.25, -0.2) is 4.79 Å². The van der Waals surface area contributed by atoms with Crippen LogP contribution in [0.25, 0.3) is 0 Å². The summed E-state index contributed by atoms with van der Waals surface area (Å²) in [4.78, 5) is 39.1. The summed E-state index contributed by atoms with van der Waals surface area (Å²) in [5, 5.41) is 6.83. The zero-order valence-electron chi connectivity index (χ0n) is 14.7. The van der Waals surface area contributed by atoms with Crippen molar-refractivity contribution in [3.63, 3.8) is 0 Å². The number of nitrogens with one attached hydrogen (secondary N) is 1. The van der Waals surface area contributed by atoms with E-state index in [2.05, 4.69) is 10.5 Å². The fourth-order valence-corrected chi connectivity index (χ4v) is 4.07. The highest BCUT2D eigenvalue weighted by Gasteiger charge is 2.30. The van der Waals surface area contributed by atoms with Gasteiger partial charge in [-0.2, -0.15) is 0 Å². The van der Waals surface area contributed by atoms with Crippen molar-refractivity contribution in [3.8, 4) is 0 Å². The molecule has 8 nitrogen and oxygen atoms in total. The van der Waals surface area contributed by atoms with Gasteiger partial charge in [-0.3, -0.25) is 9.59 Å². The van der Waals surface area contributed by atoms with Gasteiger partial charge in [0, 0.05) is 24.4 Å². The number of aryl methyl sites for hydroxylation is 1. The van der Waals surface area contributed by atoms with E-state index < -0.39 is 11.9 Å². The maximum Gasteiger partial charge on any atom is 0.341 e. The van der Waals surface area contributed by atoms with E-state index in [1.807, 2.05) is 0 Å². The molecule has 3 rings (SSSR count). The Hall–Kier alpha value is -2.68. The van der Waals surface area contributed by atoms with Crippen molar-refractivity contribution in [2.75, 3.05) is 18.5 Å². The van der Waals surface area contributed by atoms with E-state index >= 15 is 0 Å². The molecule has 0 atom stereocenters. The highest BCUT2D eigenvalue weighted by molar-refractivity contribution is 7.17. The van der Waals surface area contributed by atoms with Crippen molar-refractivity contribution in [1.82, 2.24) is 10.1 Å². The summed E-state index contributed by atoms with van der Waals surface area (Å²) in [5.74, 6) is -0.448. The number of rotatable bonds is 4. The molecule has 0 unspecified atom stereocenters. The monoisotopic (exact) mass is 377 g/mol. The second-order valence-electron chi connectivity index (χ2n) is 5.90. The smallest absolute Gasteiger partial charge is 0.341 e. The number of fused-ring (bicyclic) bond motifs is 1. The third kappa shape index (κ3) is 3.48. The maximum absolute atomic E-state index is 12.5. The lowest BCUT2D eigenvalue weighted by atomic mass is 10.0. The molecular formula is C17H19N3O5S. The first-order valence-electron chi connectivity index (χ1n) is 8.22. The topological polar surface area (TPSA) is 102 Å².